The number of hydrogen-bond acceptors (Lipinski definition) is 4. The van der Waals surface area contributed by atoms with E-state index >= 15 is 0 Å². The number of hydrogen-bond donors (Lipinski definition) is 2. The van der Waals surface area contributed by atoms with E-state index in [0.29, 0.717) is 13.1 Å². The third-order valence-corrected chi connectivity index (χ3v) is 4.30. The summed E-state index contributed by atoms with van der Waals surface area (Å²) in [5, 5.41) is 12.5. The van der Waals surface area contributed by atoms with E-state index in [1.807, 2.05) is 29.2 Å². The monoisotopic (exact) mass is 290 g/mol. The first-order chi connectivity index (χ1) is 10.3. The highest BCUT2D eigenvalue weighted by molar-refractivity contribution is 5.83. The Kier molecular flexibility index (Phi) is 4.29. The number of aliphatic hydroxyl groups is 1. The normalized spacial score (nSPS) is 21.3. The van der Waals surface area contributed by atoms with E-state index in [-0.39, 0.29) is 18.6 Å². The van der Waals surface area contributed by atoms with Crippen molar-refractivity contribution >= 4 is 11.6 Å². The van der Waals surface area contributed by atoms with Gasteiger partial charge < -0.3 is 20.1 Å². The van der Waals surface area contributed by atoms with Crippen LogP contribution in [0.5, 0.6) is 5.75 Å². The Morgan fingerprint density at radius 2 is 2.10 bits per heavy atom. The van der Waals surface area contributed by atoms with Crippen molar-refractivity contribution in [3.8, 4) is 5.75 Å². The molecule has 114 valence electrons. The van der Waals surface area contributed by atoms with Crippen molar-refractivity contribution < 1.29 is 14.6 Å². The van der Waals surface area contributed by atoms with Crippen molar-refractivity contribution in [1.82, 2.24) is 4.90 Å². The Morgan fingerprint density at radius 3 is 2.86 bits per heavy atom. The highest BCUT2D eigenvalue weighted by atomic mass is 16.5. The van der Waals surface area contributed by atoms with Crippen molar-refractivity contribution in [3.63, 3.8) is 0 Å². The van der Waals surface area contributed by atoms with Gasteiger partial charge >= 0.3 is 0 Å². The molecule has 0 spiro atoms. The molecule has 1 heterocycles. The number of carbonyl (C=O) groups is 1. The van der Waals surface area contributed by atoms with Crippen LogP contribution in [0, 0.1) is 0 Å². The molecule has 1 saturated carbocycles. The molecule has 1 amide bonds. The number of carbonyl (C=O) groups excluding carboxylic acids is 1. The van der Waals surface area contributed by atoms with Crippen LogP contribution in [0.4, 0.5) is 5.69 Å². The second-order valence-corrected chi connectivity index (χ2v) is 5.68. The van der Waals surface area contributed by atoms with Crippen LogP contribution in [0.1, 0.15) is 25.7 Å². The number of anilines is 1. The summed E-state index contributed by atoms with van der Waals surface area (Å²) in [6.45, 7) is 0.870. The lowest BCUT2D eigenvalue weighted by Crippen LogP contribution is -2.51. The zero-order valence-electron chi connectivity index (χ0n) is 12.1. The minimum absolute atomic E-state index is 0.00102. The molecule has 0 bridgehead atoms. The molecule has 5 heteroatoms. The van der Waals surface area contributed by atoms with Gasteiger partial charge in [-0.05, 0) is 25.0 Å². The van der Waals surface area contributed by atoms with E-state index in [1.165, 1.54) is 0 Å². The molecule has 0 saturated heterocycles. The maximum absolute atomic E-state index is 12.7. The molecule has 0 aromatic heterocycles. The smallest absolute Gasteiger partial charge is 0.265 e. The number of rotatable bonds is 4. The van der Waals surface area contributed by atoms with Crippen LogP contribution >= 0.6 is 0 Å². The highest BCUT2D eigenvalue weighted by Crippen LogP contribution is 2.30. The molecule has 1 aromatic rings. The van der Waals surface area contributed by atoms with E-state index in [9.17, 15) is 9.90 Å². The third kappa shape index (κ3) is 2.97. The molecule has 1 unspecified atom stereocenters. The number of benzene rings is 1. The van der Waals surface area contributed by atoms with E-state index in [2.05, 4.69) is 5.32 Å². The molecule has 2 aliphatic rings. The van der Waals surface area contributed by atoms with E-state index in [0.717, 1.165) is 37.1 Å². The number of ether oxygens (including phenoxy) is 1. The molecule has 21 heavy (non-hydrogen) atoms. The molecule has 1 aromatic carbocycles. The van der Waals surface area contributed by atoms with Gasteiger partial charge in [0.2, 0.25) is 0 Å². The Labute approximate surface area is 124 Å². The molecule has 2 N–H and O–H groups in total. The Morgan fingerprint density at radius 1 is 1.33 bits per heavy atom. The van der Waals surface area contributed by atoms with Crippen molar-refractivity contribution in [2.24, 2.45) is 0 Å². The van der Waals surface area contributed by atoms with Gasteiger partial charge in [0.15, 0.2) is 6.10 Å². The van der Waals surface area contributed by atoms with Gasteiger partial charge in [-0.25, -0.2) is 0 Å². The van der Waals surface area contributed by atoms with Gasteiger partial charge in [0.25, 0.3) is 5.91 Å². The second kappa shape index (κ2) is 6.35. The maximum atomic E-state index is 12.7. The summed E-state index contributed by atoms with van der Waals surface area (Å²) in [5.74, 6) is 0.704. The quantitative estimate of drug-likeness (QED) is 0.884. The molecule has 3 rings (SSSR count). The summed E-state index contributed by atoms with van der Waals surface area (Å²) >= 11 is 0. The van der Waals surface area contributed by atoms with Gasteiger partial charge in [-0.2, -0.15) is 0 Å². The summed E-state index contributed by atoms with van der Waals surface area (Å²) in [5.41, 5.74) is 0.927. The highest BCUT2D eigenvalue weighted by Gasteiger charge is 2.34. The first-order valence-electron chi connectivity index (χ1n) is 7.70. The van der Waals surface area contributed by atoms with Crippen molar-refractivity contribution in [2.75, 3.05) is 25.0 Å². The minimum Gasteiger partial charge on any atom is -0.477 e. The summed E-state index contributed by atoms with van der Waals surface area (Å²) in [4.78, 5) is 14.5. The van der Waals surface area contributed by atoms with Crippen LogP contribution in [0.3, 0.4) is 0 Å². The standard InChI is InChI=1S/C16H22N2O3/c19-10-9-18(12-5-1-2-6-12)16(20)15-11-17-13-7-3-4-8-14(13)21-15/h3-4,7-8,12,15,17,19H,1-2,5-6,9-11H2. The molecule has 1 atom stereocenters. The predicted octanol–water partition coefficient (Wildman–Crippen LogP) is 1.62. The molecule has 1 aliphatic carbocycles. The Bertz CT molecular complexity index is 500. The van der Waals surface area contributed by atoms with Crippen LogP contribution < -0.4 is 10.1 Å². The summed E-state index contributed by atoms with van der Waals surface area (Å²) in [6, 6.07) is 7.90. The minimum atomic E-state index is -0.507. The van der Waals surface area contributed by atoms with Gasteiger partial charge in [0.1, 0.15) is 5.75 Å². The Balaban J connectivity index is 1.71. The number of para-hydroxylation sites is 2. The van der Waals surface area contributed by atoms with Crippen LogP contribution in [0.2, 0.25) is 0 Å². The number of nitrogens with zero attached hydrogens (tertiary/aromatic N) is 1. The molecular weight excluding hydrogens is 268 g/mol. The second-order valence-electron chi connectivity index (χ2n) is 5.68. The van der Waals surface area contributed by atoms with Gasteiger partial charge in [-0.3, -0.25) is 4.79 Å². The van der Waals surface area contributed by atoms with Gasteiger partial charge in [-0.1, -0.05) is 25.0 Å². The molecule has 5 nitrogen and oxygen atoms in total. The molecular formula is C16H22N2O3. The summed E-state index contributed by atoms with van der Waals surface area (Å²) in [7, 11) is 0. The van der Waals surface area contributed by atoms with Crippen LogP contribution in [0.15, 0.2) is 24.3 Å². The average molecular weight is 290 g/mol. The lowest BCUT2D eigenvalue weighted by molar-refractivity contribution is -0.141. The molecule has 1 aliphatic heterocycles. The van der Waals surface area contributed by atoms with Gasteiger partial charge in [0.05, 0.1) is 18.8 Å². The van der Waals surface area contributed by atoms with Crippen molar-refractivity contribution in [1.29, 1.82) is 0 Å². The maximum Gasteiger partial charge on any atom is 0.265 e. The SMILES string of the molecule is O=C(C1CNc2ccccc2O1)N(CCO)C1CCCC1. The van der Waals surface area contributed by atoms with E-state index in [4.69, 9.17) is 4.74 Å². The molecule has 1 fully saturated rings. The van der Waals surface area contributed by atoms with E-state index in [1.54, 1.807) is 0 Å². The molecule has 0 radical (unpaired) electrons. The van der Waals surface area contributed by atoms with Crippen LogP contribution in [-0.4, -0.2) is 47.8 Å². The average Bonchev–Trinajstić information content (AvgIpc) is 3.05. The summed E-state index contributed by atoms with van der Waals surface area (Å²) in [6.07, 6.45) is 3.87. The van der Waals surface area contributed by atoms with Crippen LogP contribution in [-0.2, 0) is 4.79 Å². The number of amides is 1. The Hall–Kier alpha value is -1.75. The largest absolute Gasteiger partial charge is 0.477 e. The zero-order chi connectivity index (χ0) is 14.7. The number of fused-ring (bicyclic) bond motifs is 1. The first kappa shape index (κ1) is 14.2. The fourth-order valence-electron chi connectivity index (χ4n) is 3.23. The van der Waals surface area contributed by atoms with E-state index < -0.39 is 6.10 Å². The summed E-state index contributed by atoms with van der Waals surface area (Å²) < 4.78 is 5.85. The van der Waals surface area contributed by atoms with Crippen LogP contribution in [0.25, 0.3) is 0 Å². The van der Waals surface area contributed by atoms with Crippen molar-refractivity contribution in [3.05, 3.63) is 24.3 Å². The lowest BCUT2D eigenvalue weighted by Gasteiger charge is -2.34. The van der Waals surface area contributed by atoms with Gasteiger partial charge in [0, 0.05) is 12.6 Å². The first-order valence-corrected chi connectivity index (χ1v) is 7.70. The van der Waals surface area contributed by atoms with Crippen molar-refractivity contribution in [2.45, 2.75) is 37.8 Å². The number of nitrogens with one attached hydrogen (secondary N) is 1. The fourth-order valence-corrected chi connectivity index (χ4v) is 3.23. The number of aliphatic hydroxyl groups excluding tert-OH is 1. The predicted molar refractivity (Wildman–Crippen MR) is 80.4 cm³/mol. The fraction of sp³-hybridized carbons (Fsp3) is 0.562. The topological polar surface area (TPSA) is 61.8 Å². The third-order valence-electron chi connectivity index (χ3n) is 4.30. The lowest BCUT2D eigenvalue weighted by atomic mass is 10.1. The zero-order valence-corrected chi connectivity index (χ0v) is 12.1. The van der Waals surface area contributed by atoms with Gasteiger partial charge in [-0.15, -0.1) is 0 Å².